The zero-order valence-corrected chi connectivity index (χ0v) is 8.69. The Morgan fingerprint density at radius 3 is 2.33 bits per heavy atom. The van der Waals surface area contributed by atoms with Crippen LogP contribution in [0.1, 0.15) is 25.7 Å². The summed E-state index contributed by atoms with van der Waals surface area (Å²) in [7, 11) is 0. The van der Waals surface area contributed by atoms with Gasteiger partial charge in [0.25, 0.3) is 0 Å². The van der Waals surface area contributed by atoms with Crippen molar-refractivity contribution in [3.63, 3.8) is 0 Å². The predicted octanol–water partition coefficient (Wildman–Crippen LogP) is 1.25. The molecule has 0 aromatic heterocycles. The lowest BCUT2D eigenvalue weighted by Gasteiger charge is -2.30. The first kappa shape index (κ1) is 10.00. The Hall–Kier alpha value is -0.190. The highest BCUT2D eigenvalue weighted by Crippen LogP contribution is 2.50. The van der Waals surface area contributed by atoms with Crippen molar-refractivity contribution < 1.29 is 19.0 Å². The van der Waals surface area contributed by atoms with Crippen molar-refractivity contribution >= 4 is 0 Å². The molecule has 0 aromatic carbocycles. The molecule has 15 heavy (non-hydrogen) atoms. The molecule has 0 aromatic rings. The van der Waals surface area contributed by atoms with E-state index in [2.05, 4.69) is 0 Å². The Bertz CT molecular complexity index is 232. The Morgan fingerprint density at radius 2 is 1.67 bits per heavy atom. The summed E-state index contributed by atoms with van der Waals surface area (Å²) in [4.78, 5) is 0. The normalized spacial score (nSPS) is 48.4. The molecule has 1 aliphatic heterocycles. The van der Waals surface area contributed by atoms with E-state index in [1.165, 1.54) is 0 Å². The second-order valence-electron chi connectivity index (χ2n) is 5.09. The van der Waals surface area contributed by atoms with E-state index in [0.29, 0.717) is 37.9 Å². The third kappa shape index (κ3) is 1.59. The molecule has 1 saturated heterocycles. The van der Waals surface area contributed by atoms with E-state index in [4.69, 9.17) is 9.47 Å². The summed E-state index contributed by atoms with van der Waals surface area (Å²) < 4.78 is 24.6. The van der Waals surface area contributed by atoms with Crippen LogP contribution in [-0.2, 0) is 9.47 Å². The smallest absolute Gasteiger partial charge is 0.169 e. The first-order valence-electron chi connectivity index (χ1n) is 5.79. The number of hydrogen-bond donors (Lipinski definition) is 1. The van der Waals surface area contributed by atoms with E-state index < -0.39 is 18.1 Å². The number of rotatable bonds is 0. The lowest BCUT2D eigenvalue weighted by molar-refractivity contribution is -0.154. The third-order valence-corrected chi connectivity index (χ3v) is 4.12. The lowest BCUT2D eigenvalue weighted by Crippen LogP contribution is -2.34. The molecular weight excluding hydrogens is 199 g/mol. The molecule has 2 saturated carbocycles. The SMILES string of the molecule is O[C@H]1C[C@H]2CC3(C[C@@H]2C[C@@H]1F)OCCO3. The Labute approximate surface area is 88.6 Å². The number of halogens is 1. The molecule has 86 valence electrons. The van der Waals surface area contributed by atoms with Gasteiger partial charge in [0.2, 0.25) is 0 Å². The van der Waals surface area contributed by atoms with E-state index >= 15 is 0 Å². The first-order valence-corrected chi connectivity index (χ1v) is 5.79. The highest BCUT2D eigenvalue weighted by atomic mass is 19.1. The van der Waals surface area contributed by atoms with E-state index in [-0.39, 0.29) is 0 Å². The third-order valence-electron chi connectivity index (χ3n) is 4.12. The molecular formula is C11H17FO3. The summed E-state index contributed by atoms with van der Waals surface area (Å²) in [6.07, 6.45) is 0.859. The minimum atomic E-state index is -1.05. The van der Waals surface area contributed by atoms with Gasteiger partial charge in [-0.1, -0.05) is 0 Å². The molecule has 1 N–H and O–H groups in total. The standard InChI is InChI=1S/C11H17FO3/c12-9-3-7-5-11(14-1-2-15-11)6-8(7)4-10(9)13/h7-10,13H,1-6H2/t7-,8-,9-,10-/m0/s1. The molecule has 1 heterocycles. The van der Waals surface area contributed by atoms with Crippen molar-refractivity contribution in [3.05, 3.63) is 0 Å². The van der Waals surface area contributed by atoms with Gasteiger partial charge >= 0.3 is 0 Å². The van der Waals surface area contributed by atoms with Gasteiger partial charge < -0.3 is 14.6 Å². The largest absolute Gasteiger partial charge is 0.390 e. The quantitative estimate of drug-likeness (QED) is 0.662. The zero-order chi connectivity index (χ0) is 10.5. The van der Waals surface area contributed by atoms with Crippen LogP contribution in [0, 0.1) is 11.8 Å². The molecule has 0 radical (unpaired) electrons. The number of hydrogen-bond acceptors (Lipinski definition) is 3. The van der Waals surface area contributed by atoms with Crippen molar-refractivity contribution in [1.82, 2.24) is 0 Å². The van der Waals surface area contributed by atoms with Crippen molar-refractivity contribution in [2.75, 3.05) is 13.2 Å². The van der Waals surface area contributed by atoms with Crippen LogP contribution in [0.4, 0.5) is 4.39 Å². The van der Waals surface area contributed by atoms with Gasteiger partial charge in [-0.15, -0.1) is 0 Å². The van der Waals surface area contributed by atoms with Crippen LogP contribution >= 0.6 is 0 Å². The summed E-state index contributed by atoms with van der Waals surface area (Å²) in [5, 5.41) is 9.50. The second kappa shape index (κ2) is 3.40. The number of aliphatic hydroxyl groups is 1. The number of ether oxygens (including phenoxy) is 2. The molecule has 2 aliphatic carbocycles. The summed E-state index contributed by atoms with van der Waals surface area (Å²) in [6, 6.07) is 0. The minimum absolute atomic E-state index is 0.335. The number of aliphatic hydroxyl groups excluding tert-OH is 1. The van der Waals surface area contributed by atoms with Crippen LogP contribution in [0.5, 0.6) is 0 Å². The molecule has 3 fully saturated rings. The van der Waals surface area contributed by atoms with Gasteiger partial charge in [-0.2, -0.15) is 0 Å². The van der Waals surface area contributed by atoms with Crippen LogP contribution in [0.3, 0.4) is 0 Å². The van der Waals surface area contributed by atoms with Gasteiger partial charge in [0.15, 0.2) is 5.79 Å². The zero-order valence-electron chi connectivity index (χ0n) is 8.69. The maximum Gasteiger partial charge on any atom is 0.169 e. The summed E-state index contributed by atoms with van der Waals surface area (Å²) in [5.41, 5.74) is 0. The van der Waals surface area contributed by atoms with Crippen molar-refractivity contribution in [2.24, 2.45) is 11.8 Å². The van der Waals surface area contributed by atoms with Crippen LogP contribution in [0.15, 0.2) is 0 Å². The summed E-state index contributed by atoms with van der Waals surface area (Å²) in [6.45, 7) is 1.31. The van der Waals surface area contributed by atoms with E-state index in [9.17, 15) is 9.50 Å². The number of alkyl halides is 1. The van der Waals surface area contributed by atoms with Crippen molar-refractivity contribution in [2.45, 2.75) is 43.7 Å². The molecule has 3 rings (SSSR count). The highest BCUT2D eigenvalue weighted by Gasteiger charge is 2.52. The summed E-state index contributed by atoms with van der Waals surface area (Å²) >= 11 is 0. The Kier molecular flexibility index (Phi) is 2.27. The van der Waals surface area contributed by atoms with Crippen LogP contribution < -0.4 is 0 Å². The average Bonchev–Trinajstić information content (AvgIpc) is 2.75. The van der Waals surface area contributed by atoms with Crippen LogP contribution in [0.25, 0.3) is 0 Å². The van der Waals surface area contributed by atoms with E-state index in [1.807, 2.05) is 0 Å². The average molecular weight is 216 g/mol. The van der Waals surface area contributed by atoms with Gasteiger partial charge in [-0.05, 0) is 24.7 Å². The van der Waals surface area contributed by atoms with Gasteiger partial charge in [0, 0.05) is 12.8 Å². The Morgan fingerprint density at radius 1 is 1.07 bits per heavy atom. The fourth-order valence-corrected chi connectivity index (χ4v) is 3.40. The second-order valence-corrected chi connectivity index (χ2v) is 5.09. The fourth-order valence-electron chi connectivity index (χ4n) is 3.40. The monoisotopic (exact) mass is 216 g/mol. The predicted molar refractivity (Wildman–Crippen MR) is 51.0 cm³/mol. The molecule has 3 nitrogen and oxygen atoms in total. The van der Waals surface area contributed by atoms with Crippen LogP contribution in [-0.4, -0.2) is 36.4 Å². The van der Waals surface area contributed by atoms with Crippen LogP contribution in [0.2, 0.25) is 0 Å². The maximum atomic E-state index is 13.4. The first-order chi connectivity index (χ1) is 7.19. The van der Waals surface area contributed by atoms with Crippen molar-refractivity contribution in [3.8, 4) is 0 Å². The summed E-state index contributed by atoms with van der Waals surface area (Å²) in [5.74, 6) is 0.283. The van der Waals surface area contributed by atoms with Gasteiger partial charge in [-0.25, -0.2) is 4.39 Å². The van der Waals surface area contributed by atoms with Gasteiger partial charge in [0.1, 0.15) is 6.17 Å². The molecule has 0 unspecified atom stereocenters. The van der Waals surface area contributed by atoms with Crippen molar-refractivity contribution in [1.29, 1.82) is 0 Å². The topological polar surface area (TPSA) is 38.7 Å². The van der Waals surface area contributed by atoms with E-state index in [1.54, 1.807) is 0 Å². The molecule has 3 aliphatic rings. The molecule has 4 atom stereocenters. The van der Waals surface area contributed by atoms with Gasteiger partial charge in [-0.3, -0.25) is 0 Å². The number of fused-ring (bicyclic) bond motifs is 1. The fraction of sp³-hybridized carbons (Fsp3) is 1.00. The minimum Gasteiger partial charge on any atom is -0.390 e. The Balaban J connectivity index is 1.73. The highest BCUT2D eigenvalue weighted by molar-refractivity contribution is 4.97. The van der Waals surface area contributed by atoms with E-state index in [0.717, 1.165) is 12.8 Å². The molecule has 4 heteroatoms. The van der Waals surface area contributed by atoms with Gasteiger partial charge in [0.05, 0.1) is 19.3 Å². The molecule has 0 bridgehead atoms. The lowest BCUT2D eigenvalue weighted by atomic mass is 9.79. The molecule has 1 spiro atoms. The maximum absolute atomic E-state index is 13.4. The molecule has 0 amide bonds.